The Morgan fingerprint density at radius 1 is 0.771 bits per heavy atom. The van der Waals surface area contributed by atoms with Gasteiger partial charge in [-0.1, -0.05) is 53.6 Å². The van der Waals surface area contributed by atoms with Crippen molar-refractivity contribution in [1.29, 1.82) is 0 Å². The summed E-state index contributed by atoms with van der Waals surface area (Å²) in [7, 11) is 0. The third-order valence-corrected chi connectivity index (χ3v) is 7.02. The van der Waals surface area contributed by atoms with Gasteiger partial charge in [0.15, 0.2) is 0 Å². The van der Waals surface area contributed by atoms with Gasteiger partial charge in [-0.2, -0.15) is 0 Å². The van der Waals surface area contributed by atoms with Gasteiger partial charge in [0.05, 0.1) is 10.6 Å². The number of amides is 2. The smallest absolute Gasteiger partial charge is 0.255 e. The second kappa shape index (κ2) is 10.1. The van der Waals surface area contributed by atoms with Crippen LogP contribution in [0.4, 0.5) is 11.4 Å². The van der Waals surface area contributed by atoms with Gasteiger partial charge in [-0.15, -0.1) is 0 Å². The zero-order valence-electron chi connectivity index (χ0n) is 19.2. The van der Waals surface area contributed by atoms with E-state index in [4.69, 9.17) is 23.2 Å². The SMILES string of the molecule is O=C(c1ccc(N2CC=Cc3ccccc32)cc1)N1CCCN(C(=O)c2ccc(Cl)cc2Cl)CC1. The van der Waals surface area contributed by atoms with Gasteiger partial charge in [0.1, 0.15) is 0 Å². The van der Waals surface area contributed by atoms with Crippen molar-refractivity contribution in [1.82, 2.24) is 9.80 Å². The van der Waals surface area contributed by atoms with Crippen LogP contribution in [0.5, 0.6) is 0 Å². The van der Waals surface area contributed by atoms with Crippen molar-refractivity contribution >= 4 is 52.5 Å². The summed E-state index contributed by atoms with van der Waals surface area (Å²) in [6, 6.07) is 21.0. The minimum atomic E-state index is -0.138. The number of para-hydroxylation sites is 1. The summed E-state index contributed by atoms with van der Waals surface area (Å²) < 4.78 is 0. The molecule has 2 aliphatic heterocycles. The number of halogens is 2. The van der Waals surface area contributed by atoms with Gasteiger partial charge in [-0.3, -0.25) is 9.59 Å². The lowest BCUT2D eigenvalue weighted by Gasteiger charge is -2.28. The number of nitrogens with zero attached hydrogens (tertiary/aromatic N) is 3. The number of hydrogen-bond donors (Lipinski definition) is 0. The average Bonchev–Trinajstić information content (AvgIpc) is 3.14. The number of carbonyl (C=O) groups is 2. The maximum atomic E-state index is 13.2. The van der Waals surface area contributed by atoms with E-state index in [1.807, 2.05) is 41.3 Å². The van der Waals surface area contributed by atoms with E-state index in [1.54, 1.807) is 23.1 Å². The Morgan fingerprint density at radius 3 is 2.23 bits per heavy atom. The number of fused-ring (bicyclic) bond motifs is 1. The van der Waals surface area contributed by atoms with Crippen molar-refractivity contribution in [3.8, 4) is 0 Å². The summed E-state index contributed by atoms with van der Waals surface area (Å²) in [5.41, 5.74) is 4.47. The highest BCUT2D eigenvalue weighted by molar-refractivity contribution is 6.36. The van der Waals surface area contributed by atoms with Crippen molar-refractivity contribution in [2.45, 2.75) is 6.42 Å². The van der Waals surface area contributed by atoms with Crippen LogP contribution >= 0.6 is 23.2 Å². The largest absolute Gasteiger partial charge is 0.337 e. The molecule has 2 amide bonds. The molecule has 2 heterocycles. The fourth-order valence-electron chi connectivity index (χ4n) is 4.63. The summed E-state index contributed by atoms with van der Waals surface area (Å²) >= 11 is 12.2. The van der Waals surface area contributed by atoms with Gasteiger partial charge in [0, 0.05) is 54.7 Å². The molecule has 0 saturated carbocycles. The number of benzene rings is 3. The molecule has 3 aromatic carbocycles. The van der Waals surface area contributed by atoms with Crippen molar-refractivity contribution in [3.05, 3.63) is 99.5 Å². The van der Waals surface area contributed by atoms with Crippen molar-refractivity contribution in [2.75, 3.05) is 37.6 Å². The molecule has 2 aliphatic rings. The van der Waals surface area contributed by atoms with Gasteiger partial charge in [-0.05, 0) is 60.5 Å². The van der Waals surface area contributed by atoms with E-state index >= 15 is 0 Å². The highest BCUT2D eigenvalue weighted by Crippen LogP contribution is 2.32. The number of carbonyl (C=O) groups excluding carboxylic acids is 2. The monoisotopic (exact) mass is 505 g/mol. The Balaban J connectivity index is 1.25. The zero-order valence-corrected chi connectivity index (χ0v) is 20.7. The summed E-state index contributed by atoms with van der Waals surface area (Å²) in [6.07, 6.45) is 4.98. The Kier molecular flexibility index (Phi) is 6.80. The first-order valence-corrected chi connectivity index (χ1v) is 12.4. The Bertz CT molecular complexity index is 1290. The third-order valence-electron chi connectivity index (χ3n) is 6.47. The molecule has 35 heavy (non-hydrogen) atoms. The Labute approximate surface area is 215 Å². The maximum Gasteiger partial charge on any atom is 0.255 e. The molecule has 0 N–H and O–H groups in total. The van der Waals surface area contributed by atoms with Gasteiger partial charge in [0.25, 0.3) is 11.8 Å². The van der Waals surface area contributed by atoms with E-state index in [0.29, 0.717) is 53.8 Å². The molecule has 178 valence electrons. The summed E-state index contributed by atoms with van der Waals surface area (Å²) in [4.78, 5) is 32.0. The molecule has 5 rings (SSSR count). The molecule has 1 fully saturated rings. The van der Waals surface area contributed by atoms with Crippen LogP contribution in [0.2, 0.25) is 10.0 Å². The first kappa shape index (κ1) is 23.5. The molecule has 3 aromatic rings. The van der Waals surface area contributed by atoms with Crippen LogP contribution in [0.1, 0.15) is 32.7 Å². The topological polar surface area (TPSA) is 43.9 Å². The first-order valence-electron chi connectivity index (χ1n) is 11.7. The van der Waals surface area contributed by atoms with Crippen molar-refractivity contribution in [3.63, 3.8) is 0 Å². The van der Waals surface area contributed by atoms with Gasteiger partial charge in [0.2, 0.25) is 0 Å². The minimum absolute atomic E-state index is 0.0192. The first-order chi connectivity index (χ1) is 17.0. The molecule has 5 nitrogen and oxygen atoms in total. The van der Waals surface area contributed by atoms with E-state index in [2.05, 4.69) is 29.2 Å². The molecule has 0 radical (unpaired) electrons. The number of rotatable bonds is 3. The van der Waals surface area contributed by atoms with Crippen LogP contribution in [-0.2, 0) is 0 Å². The predicted molar refractivity (Wildman–Crippen MR) is 142 cm³/mol. The molecule has 0 atom stereocenters. The second-order valence-electron chi connectivity index (χ2n) is 8.68. The fourth-order valence-corrected chi connectivity index (χ4v) is 5.11. The molecule has 0 aromatic heterocycles. The van der Waals surface area contributed by atoms with Crippen LogP contribution < -0.4 is 4.90 Å². The standard InChI is InChI=1S/C28H25Cl2N3O2/c29-22-10-13-24(25(30)19-22)28(35)32-15-4-14-31(17-18-32)27(34)21-8-11-23(12-9-21)33-16-3-6-20-5-1-2-7-26(20)33/h1-3,5-13,19H,4,14-18H2. The van der Waals surface area contributed by atoms with E-state index in [1.165, 1.54) is 5.56 Å². The van der Waals surface area contributed by atoms with Crippen LogP contribution in [0.3, 0.4) is 0 Å². The molecule has 7 heteroatoms. The molecule has 0 bridgehead atoms. The van der Waals surface area contributed by atoms with Crippen LogP contribution in [-0.4, -0.2) is 54.3 Å². The second-order valence-corrected chi connectivity index (χ2v) is 9.52. The molecule has 0 unspecified atom stereocenters. The normalized spacial score (nSPS) is 15.5. The van der Waals surface area contributed by atoms with Crippen LogP contribution in [0.15, 0.2) is 72.8 Å². The summed E-state index contributed by atoms with van der Waals surface area (Å²) in [5, 5.41) is 0.831. The average molecular weight is 506 g/mol. The molecular weight excluding hydrogens is 481 g/mol. The van der Waals surface area contributed by atoms with Crippen molar-refractivity contribution in [2.24, 2.45) is 0 Å². The van der Waals surface area contributed by atoms with Gasteiger partial charge >= 0.3 is 0 Å². The van der Waals surface area contributed by atoms with Crippen LogP contribution in [0, 0.1) is 0 Å². The highest BCUT2D eigenvalue weighted by atomic mass is 35.5. The molecule has 1 saturated heterocycles. The molecular formula is C28H25Cl2N3O2. The minimum Gasteiger partial charge on any atom is -0.337 e. The summed E-state index contributed by atoms with van der Waals surface area (Å²) in [5.74, 6) is -0.157. The lowest BCUT2D eigenvalue weighted by Crippen LogP contribution is -2.37. The lowest BCUT2D eigenvalue weighted by atomic mass is 10.1. The number of hydrogen-bond acceptors (Lipinski definition) is 3. The molecule has 0 spiro atoms. The fraction of sp³-hybridized carbons (Fsp3) is 0.214. The highest BCUT2D eigenvalue weighted by Gasteiger charge is 2.25. The maximum absolute atomic E-state index is 13.2. The van der Waals surface area contributed by atoms with E-state index in [-0.39, 0.29) is 11.8 Å². The Morgan fingerprint density at radius 2 is 1.49 bits per heavy atom. The lowest BCUT2D eigenvalue weighted by molar-refractivity contribution is 0.0719. The quantitative estimate of drug-likeness (QED) is 0.428. The van der Waals surface area contributed by atoms with Gasteiger partial charge in [-0.25, -0.2) is 0 Å². The zero-order chi connectivity index (χ0) is 24.4. The Hall–Kier alpha value is -3.28. The van der Waals surface area contributed by atoms with E-state index < -0.39 is 0 Å². The van der Waals surface area contributed by atoms with E-state index in [0.717, 1.165) is 17.9 Å². The third kappa shape index (κ3) is 4.93. The van der Waals surface area contributed by atoms with Crippen LogP contribution in [0.25, 0.3) is 6.08 Å². The van der Waals surface area contributed by atoms with Crippen molar-refractivity contribution < 1.29 is 9.59 Å². The summed E-state index contributed by atoms with van der Waals surface area (Å²) in [6.45, 7) is 2.89. The number of anilines is 2. The van der Waals surface area contributed by atoms with E-state index in [9.17, 15) is 9.59 Å². The van der Waals surface area contributed by atoms with Gasteiger partial charge < -0.3 is 14.7 Å². The predicted octanol–water partition coefficient (Wildman–Crippen LogP) is 6.15. The molecule has 0 aliphatic carbocycles.